The molecule has 67 heavy (non-hydrogen) atoms. The Morgan fingerprint density at radius 1 is 0.478 bits per heavy atom. The maximum absolute atomic E-state index is 10.1. The van der Waals surface area contributed by atoms with Crippen LogP contribution in [0.2, 0.25) is 0 Å². The van der Waals surface area contributed by atoms with E-state index in [1.807, 2.05) is 52.1 Å². The summed E-state index contributed by atoms with van der Waals surface area (Å²) in [5, 5.41) is 82.7. The average molecular weight is 1160 g/mol. The predicted molar refractivity (Wildman–Crippen MR) is 227 cm³/mol. The first-order valence-electron chi connectivity index (χ1n) is 18.7. The molecule has 0 fully saturated rings. The van der Waals surface area contributed by atoms with Crippen LogP contribution in [0.25, 0.3) is 0 Å². The molecule has 23 heteroatoms. The van der Waals surface area contributed by atoms with E-state index >= 15 is 0 Å². The molecule has 0 aliphatic heterocycles. The molecule has 4 rings (SSSR count). The van der Waals surface area contributed by atoms with Crippen LogP contribution >= 0.6 is 0 Å². The summed E-state index contributed by atoms with van der Waals surface area (Å²) in [5.74, 6) is -4.52. The van der Waals surface area contributed by atoms with Crippen molar-refractivity contribution in [3.63, 3.8) is 0 Å². The van der Waals surface area contributed by atoms with Gasteiger partial charge in [-0.25, -0.2) is 0 Å². The number of hydrogen-bond acceptors (Lipinski definition) is 18. The number of benzene rings is 4. The Balaban J connectivity index is -0.0000000998. The van der Waals surface area contributed by atoms with Gasteiger partial charge in [-0.1, -0.05) is 121 Å². The second-order valence-corrected chi connectivity index (χ2v) is 12.7. The molecule has 20 nitrogen and oxygen atoms in total. The molecule has 0 saturated carbocycles. The summed E-state index contributed by atoms with van der Waals surface area (Å²) in [5.41, 5.74) is 0.880. The quantitative estimate of drug-likeness (QED) is 0.0752. The Morgan fingerprint density at radius 3 is 0.746 bits per heavy atom. The van der Waals surface area contributed by atoms with E-state index in [4.69, 9.17) is 20.6 Å². The summed E-state index contributed by atoms with van der Waals surface area (Å²) in [7, 11) is 12.1. The Labute approximate surface area is 445 Å². The van der Waals surface area contributed by atoms with Crippen molar-refractivity contribution in [3.8, 4) is 6.07 Å². The normalized spacial score (nSPS) is 8.66. The van der Waals surface area contributed by atoms with Crippen LogP contribution in [0, 0.1) is 65.3 Å². The van der Waals surface area contributed by atoms with Gasteiger partial charge in [0.15, 0.2) is 0 Å². The zero-order valence-corrected chi connectivity index (χ0v) is 42.5. The summed E-state index contributed by atoms with van der Waals surface area (Å²) < 4.78 is 0. The molecule has 4 aromatic rings. The van der Waals surface area contributed by atoms with Crippen LogP contribution in [0.3, 0.4) is 0 Å². The van der Waals surface area contributed by atoms with E-state index in [-0.39, 0.29) is 114 Å². The fourth-order valence-electron chi connectivity index (χ4n) is 3.57. The third-order valence-corrected chi connectivity index (χ3v) is 6.84. The molecule has 2 radical (unpaired) electrons. The fourth-order valence-corrected chi connectivity index (χ4v) is 3.57. The first kappa shape index (κ1) is 79.6. The topological polar surface area (TPSA) is 338 Å². The van der Waals surface area contributed by atoms with Gasteiger partial charge in [0.1, 0.15) is 0 Å². The van der Waals surface area contributed by atoms with Gasteiger partial charge in [0.25, 0.3) is 0 Å². The smallest absolute Gasteiger partial charge is 2.00 e. The zero-order chi connectivity index (χ0) is 49.0. The molecule has 0 saturated heterocycles. The van der Waals surface area contributed by atoms with Crippen LogP contribution in [0.5, 0.6) is 0 Å². The molecule has 0 atom stereocenters. The third kappa shape index (κ3) is 61.5. The Hall–Kier alpha value is -4.51. The maximum atomic E-state index is 10.1. The van der Waals surface area contributed by atoms with Crippen molar-refractivity contribution in [3.05, 3.63) is 159 Å². The van der Waals surface area contributed by atoms with Gasteiger partial charge in [0.2, 0.25) is 0 Å². The number of nitriles is 1. The molecule has 0 unspecified atom stereocenters. The zero-order valence-electron chi connectivity index (χ0n) is 38.1. The largest absolute Gasteiger partial charge is 5.00 e. The fraction of sp³-hybridized carbons (Fsp3) is 0.341. The number of carbonyl (C=O) groups is 4. The first-order chi connectivity index (χ1) is 29.7. The molecule has 0 heterocycles. The molecule has 4 aromatic carbocycles. The van der Waals surface area contributed by atoms with Crippen LogP contribution in [-0.4, -0.2) is 143 Å². The molecule has 0 N–H and O–H groups in total. The van der Waals surface area contributed by atoms with Gasteiger partial charge in [-0.15, -0.1) is 13.2 Å². The number of likely N-dealkylation sites (N-methyl/N-ethyl adjacent to an activating group) is 4. The van der Waals surface area contributed by atoms with E-state index in [9.17, 15) is 49.8 Å². The van der Waals surface area contributed by atoms with E-state index in [0.29, 0.717) is 13.1 Å². The predicted octanol–water partition coefficient (Wildman–Crippen LogP) is -1.95. The summed E-state index contributed by atoms with van der Waals surface area (Å²) in [6.07, 6.45) is 0. The number of hydrogen-bond donors (Lipinski definition) is 0. The summed E-state index contributed by atoms with van der Waals surface area (Å²) in [6.45, 7) is 6.77. The number of carboxylic acids is 4. The first-order valence-corrected chi connectivity index (χ1v) is 18.7. The molecule has 0 amide bonds. The minimum absolute atomic E-state index is 0. The molecular weight excluding hydrogens is 1110 g/mol. The SMILES string of the molecule is CC#N.CN(C)CCN(C)CC[O-].CN(C)CCN(C)CC[O-].O=C([O-])c1ccccc1.O=C([O-])c1ccccc1.O=C([O-])c1ccccc1.O=C([O-])c1ccccc1.O=[N+]([O-])[O-].[Fe+5].[Fe+5].[O-2].[Tb+3]. The van der Waals surface area contributed by atoms with E-state index in [1.54, 1.807) is 78.9 Å². The van der Waals surface area contributed by atoms with Gasteiger partial charge in [0, 0.05) is 33.1 Å². The molecule has 0 aliphatic rings. The van der Waals surface area contributed by atoms with Crippen LogP contribution in [0.15, 0.2) is 121 Å². The van der Waals surface area contributed by atoms with Crippen molar-refractivity contribution in [2.75, 3.05) is 94.8 Å². The van der Waals surface area contributed by atoms with Crippen molar-refractivity contribution in [1.29, 1.82) is 5.26 Å². The Bertz CT molecular complexity index is 1570. The van der Waals surface area contributed by atoms with Crippen LogP contribution < -0.4 is 30.6 Å². The number of carbonyl (C=O) groups excluding carboxylic acids is 4. The molecular formula is C44H57Fe2N6O14Tb+4. The Kier molecular flexibility index (Phi) is 66.3. The van der Waals surface area contributed by atoms with E-state index in [1.165, 1.54) is 55.5 Å². The number of aromatic carboxylic acids is 4. The Morgan fingerprint density at radius 2 is 0.642 bits per heavy atom. The summed E-state index contributed by atoms with van der Waals surface area (Å²) in [6, 6.07) is 34.0. The molecule has 0 spiro atoms. The average Bonchev–Trinajstić information content (AvgIpc) is 3.25. The summed E-state index contributed by atoms with van der Waals surface area (Å²) in [4.78, 5) is 56.9. The minimum atomic E-state index is -1.75. The van der Waals surface area contributed by atoms with Crippen molar-refractivity contribution in [2.45, 2.75) is 6.92 Å². The third-order valence-electron chi connectivity index (χ3n) is 6.84. The number of nitrogens with zero attached hydrogens (tertiary/aromatic N) is 6. The van der Waals surface area contributed by atoms with Crippen LogP contribution in [0.1, 0.15) is 48.4 Å². The van der Waals surface area contributed by atoms with Crippen molar-refractivity contribution in [2.24, 2.45) is 0 Å². The molecule has 368 valence electrons. The second-order valence-electron chi connectivity index (χ2n) is 12.7. The van der Waals surface area contributed by atoms with Gasteiger partial charge in [-0.3, -0.25) is 0 Å². The van der Waals surface area contributed by atoms with Crippen molar-refractivity contribution >= 4 is 23.9 Å². The van der Waals surface area contributed by atoms with Crippen molar-refractivity contribution in [1.82, 2.24) is 19.6 Å². The van der Waals surface area contributed by atoms with Gasteiger partial charge in [-0.2, -0.15) is 5.26 Å². The molecule has 0 aliphatic carbocycles. The van der Waals surface area contributed by atoms with E-state index in [2.05, 4.69) is 9.80 Å². The van der Waals surface area contributed by atoms with Gasteiger partial charge < -0.3 is 90.2 Å². The van der Waals surface area contributed by atoms with Gasteiger partial charge in [0.05, 0.1) is 35.0 Å². The van der Waals surface area contributed by atoms with Gasteiger partial charge >= 0.3 is 72.7 Å². The maximum Gasteiger partial charge on any atom is 5.00 e. The van der Waals surface area contributed by atoms with E-state index in [0.717, 1.165) is 26.2 Å². The van der Waals surface area contributed by atoms with E-state index < -0.39 is 29.0 Å². The number of rotatable bonds is 14. The standard InChI is InChI=1S/2C7H17N2O.4C7H6O2.C2H3N.2Fe.NO3.O.Tb/c2*1-8(2)4-5-9(3)6-7-10;4*8-7(9)6-4-2-1-3-5-6;1-2-3;;;2-1(3)4;;/h2*4-7H2,1-3H3;4*1-5H,(H,8,9);1H3;;;;;/q2*-1;;;;;;2*+5;-1;-2;+3/p-4. The minimum Gasteiger partial charge on any atom is -2.00 e. The molecule has 0 aromatic heterocycles. The summed E-state index contributed by atoms with van der Waals surface area (Å²) >= 11 is 0. The van der Waals surface area contributed by atoms with Crippen LogP contribution in [0.4, 0.5) is 0 Å². The monoisotopic (exact) mass is 1160 g/mol. The number of carboxylic acid groups (broad SMARTS) is 4. The van der Waals surface area contributed by atoms with Crippen molar-refractivity contribution < 1.29 is 133 Å². The van der Waals surface area contributed by atoms with Crippen LogP contribution in [-0.2, 0) is 39.6 Å². The second kappa shape index (κ2) is 55.8. The molecule has 0 bridgehead atoms. The van der Waals surface area contributed by atoms with Gasteiger partial charge in [-0.05, 0) is 77.6 Å².